The van der Waals surface area contributed by atoms with E-state index in [0.29, 0.717) is 6.04 Å². The molecular formula is C5H13BN2. The number of hydrogen-bond donors (Lipinski definition) is 1. The topological polar surface area (TPSA) is 29.3 Å². The SMILES string of the molecule is BN1CCC(N)CC1. The first-order valence-electron chi connectivity index (χ1n) is 3.23. The molecular weight excluding hydrogens is 98.9 g/mol. The molecule has 3 heteroatoms. The molecule has 0 radical (unpaired) electrons. The fraction of sp³-hybridized carbons (Fsp3) is 1.00. The zero-order valence-corrected chi connectivity index (χ0v) is 5.43. The molecule has 1 fully saturated rings. The van der Waals surface area contributed by atoms with Crippen molar-refractivity contribution in [3.8, 4) is 0 Å². The van der Waals surface area contributed by atoms with Crippen molar-refractivity contribution in [2.45, 2.75) is 18.9 Å². The first-order chi connectivity index (χ1) is 3.79. The van der Waals surface area contributed by atoms with Crippen LogP contribution < -0.4 is 5.73 Å². The summed E-state index contributed by atoms with van der Waals surface area (Å²) >= 11 is 0. The van der Waals surface area contributed by atoms with Crippen molar-refractivity contribution < 1.29 is 0 Å². The molecule has 0 aromatic heterocycles. The summed E-state index contributed by atoms with van der Waals surface area (Å²) in [6.45, 7) is 2.36. The fourth-order valence-electron chi connectivity index (χ4n) is 1.03. The van der Waals surface area contributed by atoms with E-state index >= 15 is 0 Å². The molecule has 0 atom stereocenters. The predicted molar refractivity (Wildman–Crippen MR) is 37.3 cm³/mol. The normalized spacial score (nSPS) is 26.1. The Labute approximate surface area is 51.5 Å². The summed E-state index contributed by atoms with van der Waals surface area (Å²) in [7, 11) is 2.14. The Morgan fingerprint density at radius 1 is 1.38 bits per heavy atom. The quantitative estimate of drug-likeness (QED) is 0.405. The van der Waals surface area contributed by atoms with Gasteiger partial charge in [0.1, 0.15) is 0 Å². The molecule has 1 aliphatic heterocycles. The number of nitrogens with zero attached hydrogens (tertiary/aromatic N) is 1. The fourth-order valence-corrected chi connectivity index (χ4v) is 1.03. The standard InChI is InChI=1S/C5H13BN2/c6-8-3-1-5(7)2-4-8/h5H,1-4,6-7H2. The second-order valence-corrected chi connectivity index (χ2v) is 2.64. The van der Waals surface area contributed by atoms with Crippen LogP contribution in [0.5, 0.6) is 0 Å². The molecule has 0 bridgehead atoms. The highest BCUT2D eigenvalue weighted by Crippen LogP contribution is 2.03. The van der Waals surface area contributed by atoms with E-state index in [4.69, 9.17) is 5.73 Å². The highest BCUT2D eigenvalue weighted by atomic mass is 15.0. The Morgan fingerprint density at radius 2 is 1.88 bits per heavy atom. The van der Waals surface area contributed by atoms with Gasteiger partial charge in [0.2, 0.25) is 0 Å². The van der Waals surface area contributed by atoms with E-state index in [1.807, 2.05) is 0 Å². The third kappa shape index (κ3) is 1.49. The minimum absolute atomic E-state index is 0.478. The Morgan fingerprint density at radius 3 is 2.25 bits per heavy atom. The van der Waals surface area contributed by atoms with Crippen molar-refractivity contribution in [3.05, 3.63) is 0 Å². The van der Waals surface area contributed by atoms with Gasteiger partial charge in [0.05, 0.1) is 0 Å². The van der Waals surface area contributed by atoms with E-state index in [0.717, 1.165) is 0 Å². The van der Waals surface area contributed by atoms with Gasteiger partial charge in [-0.25, -0.2) is 0 Å². The molecule has 0 spiro atoms. The third-order valence-corrected chi connectivity index (χ3v) is 1.76. The molecule has 0 saturated carbocycles. The predicted octanol–water partition coefficient (Wildman–Crippen LogP) is -1.04. The summed E-state index contributed by atoms with van der Waals surface area (Å²) < 4.78 is 0. The van der Waals surface area contributed by atoms with Gasteiger partial charge in [-0.15, -0.1) is 0 Å². The molecule has 0 aliphatic carbocycles. The number of nitrogens with two attached hydrogens (primary N) is 1. The summed E-state index contributed by atoms with van der Waals surface area (Å²) in [5.41, 5.74) is 5.67. The van der Waals surface area contributed by atoms with Crippen molar-refractivity contribution in [2.24, 2.45) is 5.73 Å². The molecule has 0 aromatic rings. The van der Waals surface area contributed by atoms with Crippen LogP contribution >= 0.6 is 0 Å². The summed E-state index contributed by atoms with van der Waals surface area (Å²) in [6, 6.07) is 0.478. The average molecular weight is 112 g/mol. The van der Waals surface area contributed by atoms with Gasteiger partial charge in [0.25, 0.3) is 0 Å². The zero-order chi connectivity index (χ0) is 5.98. The van der Waals surface area contributed by atoms with Crippen LogP contribution in [0.4, 0.5) is 0 Å². The van der Waals surface area contributed by atoms with Crippen molar-refractivity contribution in [1.82, 2.24) is 4.81 Å². The average Bonchev–Trinajstić information content (AvgIpc) is 1.77. The number of hydrogen-bond acceptors (Lipinski definition) is 2. The molecule has 46 valence electrons. The van der Waals surface area contributed by atoms with E-state index < -0.39 is 0 Å². The smallest absolute Gasteiger partial charge is 0.185 e. The number of rotatable bonds is 0. The zero-order valence-electron chi connectivity index (χ0n) is 5.43. The van der Waals surface area contributed by atoms with Crippen molar-refractivity contribution >= 4 is 7.98 Å². The first-order valence-corrected chi connectivity index (χ1v) is 3.23. The summed E-state index contributed by atoms with van der Waals surface area (Å²) in [4.78, 5) is 2.32. The van der Waals surface area contributed by atoms with Crippen LogP contribution in [0.2, 0.25) is 0 Å². The van der Waals surface area contributed by atoms with Crippen LogP contribution in [0.1, 0.15) is 12.8 Å². The summed E-state index contributed by atoms with van der Waals surface area (Å²) in [6.07, 6.45) is 2.35. The van der Waals surface area contributed by atoms with Crippen LogP contribution in [0, 0.1) is 0 Å². The van der Waals surface area contributed by atoms with Gasteiger partial charge >= 0.3 is 0 Å². The lowest BCUT2D eigenvalue weighted by molar-refractivity contribution is 0.335. The maximum Gasteiger partial charge on any atom is 0.185 e. The van der Waals surface area contributed by atoms with E-state index in [9.17, 15) is 0 Å². The largest absolute Gasteiger partial charge is 0.349 e. The maximum atomic E-state index is 5.67. The van der Waals surface area contributed by atoms with Crippen molar-refractivity contribution in [1.29, 1.82) is 0 Å². The minimum atomic E-state index is 0.478. The molecule has 1 saturated heterocycles. The molecule has 2 N–H and O–H groups in total. The van der Waals surface area contributed by atoms with Crippen LogP contribution in [0.3, 0.4) is 0 Å². The van der Waals surface area contributed by atoms with E-state index in [1.165, 1.54) is 25.9 Å². The van der Waals surface area contributed by atoms with Gasteiger partial charge in [-0.2, -0.15) is 0 Å². The van der Waals surface area contributed by atoms with Crippen LogP contribution in [-0.2, 0) is 0 Å². The number of piperidine rings is 1. The molecule has 1 heterocycles. The Balaban J connectivity index is 2.19. The Hall–Kier alpha value is -0.0151. The first kappa shape index (κ1) is 6.11. The minimum Gasteiger partial charge on any atom is -0.349 e. The molecule has 1 aliphatic rings. The third-order valence-electron chi connectivity index (χ3n) is 1.76. The van der Waals surface area contributed by atoms with Gasteiger partial charge in [0.15, 0.2) is 7.98 Å². The van der Waals surface area contributed by atoms with Crippen molar-refractivity contribution in [3.63, 3.8) is 0 Å². The van der Waals surface area contributed by atoms with Crippen LogP contribution in [0.25, 0.3) is 0 Å². The highest BCUT2D eigenvalue weighted by Gasteiger charge is 2.10. The van der Waals surface area contributed by atoms with Gasteiger partial charge in [-0.05, 0) is 25.9 Å². The van der Waals surface area contributed by atoms with Crippen LogP contribution in [-0.4, -0.2) is 31.9 Å². The summed E-state index contributed by atoms with van der Waals surface area (Å²) in [5, 5.41) is 0. The van der Waals surface area contributed by atoms with Gasteiger partial charge in [-0.3, -0.25) is 0 Å². The Bertz CT molecular complexity index is 58.8. The van der Waals surface area contributed by atoms with E-state index in [-0.39, 0.29) is 0 Å². The molecule has 8 heavy (non-hydrogen) atoms. The lowest BCUT2D eigenvalue weighted by Gasteiger charge is -2.26. The van der Waals surface area contributed by atoms with Gasteiger partial charge in [-0.1, -0.05) is 0 Å². The highest BCUT2D eigenvalue weighted by molar-refractivity contribution is 6.04. The second kappa shape index (κ2) is 2.51. The molecule has 0 aromatic carbocycles. The lowest BCUT2D eigenvalue weighted by atomic mass is 10.0. The van der Waals surface area contributed by atoms with Crippen molar-refractivity contribution in [2.75, 3.05) is 13.1 Å². The van der Waals surface area contributed by atoms with E-state index in [1.54, 1.807) is 0 Å². The monoisotopic (exact) mass is 112 g/mol. The Kier molecular flexibility index (Phi) is 1.92. The summed E-state index contributed by atoms with van der Waals surface area (Å²) in [5.74, 6) is 0. The van der Waals surface area contributed by atoms with Crippen LogP contribution in [0.15, 0.2) is 0 Å². The van der Waals surface area contributed by atoms with Gasteiger partial charge in [0, 0.05) is 6.04 Å². The maximum absolute atomic E-state index is 5.67. The lowest BCUT2D eigenvalue weighted by Crippen LogP contribution is -2.38. The molecule has 1 rings (SSSR count). The molecule has 0 unspecified atom stereocenters. The molecule has 2 nitrogen and oxygen atoms in total. The van der Waals surface area contributed by atoms with Gasteiger partial charge < -0.3 is 10.5 Å². The van der Waals surface area contributed by atoms with E-state index in [2.05, 4.69) is 12.8 Å². The molecule has 0 amide bonds. The second-order valence-electron chi connectivity index (χ2n) is 2.64.